The normalized spacial score (nSPS) is 12.3. The summed E-state index contributed by atoms with van der Waals surface area (Å²) in [7, 11) is 0. The fourth-order valence-corrected chi connectivity index (χ4v) is 4.16. The Bertz CT molecular complexity index is 640. The zero-order chi connectivity index (χ0) is 14.1. The Labute approximate surface area is 130 Å². The van der Waals surface area contributed by atoms with Crippen molar-refractivity contribution < 1.29 is 0 Å². The Hall–Kier alpha value is -1.08. The first kappa shape index (κ1) is 13.9. The lowest BCUT2D eigenvalue weighted by Gasteiger charge is -2.17. The van der Waals surface area contributed by atoms with E-state index in [1.165, 1.54) is 58.0 Å². The van der Waals surface area contributed by atoms with Crippen LogP contribution in [0.2, 0.25) is 0 Å². The van der Waals surface area contributed by atoms with Gasteiger partial charge in [-0.2, -0.15) is 0 Å². The molecular weight excluding hydrogens is 308 g/mol. The molecule has 0 atom stereocenters. The number of benzene rings is 2. The number of rotatable bonds is 4. The summed E-state index contributed by atoms with van der Waals surface area (Å²) in [5.74, 6) is 0. The van der Waals surface area contributed by atoms with Crippen molar-refractivity contribution in [2.45, 2.75) is 46.0 Å². The van der Waals surface area contributed by atoms with Gasteiger partial charge in [-0.1, -0.05) is 66.9 Å². The Morgan fingerprint density at radius 3 is 2.40 bits per heavy atom. The van der Waals surface area contributed by atoms with Gasteiger partial charge in [-0.05, 0) is 58.7 Å². The molecule has 0 N–H and O–H groups in total. The first-order chi connectivity index (χ1) is 9.76. The van der Waals surface area contributed by atoms with Gasteiger partial charge in [-0.25, -0.2) is 0 Å². The van der Waals surface area contributed by atoms with Crippen molar-refractivity contribution in [1.82, 2.24) is 0 Å². The lowest BCUT2D eigenvalue weighted by molar-refractivity contribution is 0.857. The average molecular weight is 329 g/mol. The minimum Gasteiger partial charge on any atom is -0.0651 e. The Balaban J connectivity index is 2.25. The maximum absolute atomic E-state index is 3.82. The highest BCUT2D eigenvalue weighted by atomic mass is 79.9. The van der Waals surface area contributed by atoms with Crippen LogP contribution in [-0.4, -0.2) is 0 Å². The molecule has 0 amide bonds. The summed E-state index contributed by atoms with van der Waals surface area (Å²) in [5, 5.41) is 0. The summed E-state index contributed by atoms with van der Waals surface area (Å²) < 4.78 is 1.31. The first-order valence-electron chi connectivity index (χ1n) is 7.67. The van der Waals surface area contributed by atoms with Crippen LogP contribution in [0.1, 0.15) is 48.9 Å². The van der Waals surface area contributed by atoms with Gasteiger partial charge in [0, 0.05) is 4.47 Å². The van der Waals surface area contributed by atoms with E-state index < -0.39 is 0 Å². The van der Waals surface area contributed by atoms with Gasteiger partial charge in [0.1, 0.15) is 0 Å². The molecular formula is C19H21Br. The van der Waals surface area contributed by atoms with E-state index in [4.69, 9.17) is 0 Å². The molecule has 0 unspecified atom stereocenters. The molecule has 1 aliphatic carbocycles. The molecule has 0 bridgehead atoms. The molecule has 0 heterocycles. The zero-order valence-electron chi connectivity index (χ0n) is 12.3. The lowest BCUT2D eigenvalue weighted by Crippen LogP contribution is -2.00. The molecule has 0 fully saturated rings. The molecule has 0 aliphatic heterocycles. The van der Waals surface area contributed by atoms with E-state index in [-0.39, 0.29) is 0 Å². The minimum absolute atomic E-state index is 1.09. The molecule has 1 heteroatoms. The summed E-state index contributed by atoms with van der Waals surface area (Å²) in [4.78, 5) is 0. The molecule has 0 aromatic heterocycles. The molecule has 104 valence electrons. The van der Waals surface area contributed by atoms with E-state index in [2.05, 4.69) is 60.1 Å². The third kappa shape index (κ3) is 2.22. The smallest absolute Gasteiger partial charge is 0.0213 e. The topological polar surface area (TPSA) is 0 Å². The van der Waals surface area contributed by atoms with Gasteiger partial charge in [-0.15, -0.1) is 0 Å². The van der Waals surface area contributed by atoms with Crippen molar-refractivity contribution in [3.8, 4) is 11.1 Å². The van der Waals surface area contributed by atoms with Crippen molar-refractivity contribution in [2.24, 2.45) is 0 Å². The molecule has 2 aromatic carbocycles. The van der Waals surface area contributed by atoms with E-state index in [0.717, 1.165) is 6.42 Å². The van der Waals surface area contributed by atoms with Gasteiger partial charge >= 0.3 is 0 Å². The van der Waals surface area contributed by atoms with Gasteiger partial charge in [0.2, 0.25) is 0 Å². The Morgan fingerprint density at radius 2 is 1.65 bits per heavy atom. The number of fused-ring (bicyclic) bond motifs is 3. The number of hydrogen-bond acceptors (Lipinski definition) is 0. The van der Waals surface area contributed by atoms with Crippen molar-refractivity contribution in [3.05, 3.63) is 57.1 Å². The van der Waals surface area contributed by atoms with Gasteiger partial charge < -0.3 is 0 Å². The molecule has 1 aliphatic rings. The Morgan fingerprint density at radius 1 is 0.950 bits per heavy atom. The predicted molar refractivity (Wildman–Crippen MR) is 90.4 cm³/mol. The second-order valence-electron chi connectivity index (χ2n) is 5.68. The number of hydrogen-bond donors (Lipinski definition) is 0. The molecule has 2 aromatic rings. The standard InChI is InChI=1S/C19H21Br/c1-3-7-16-17(8-4-2)19-14(12-18(16)20)11-13-9-5-6-10-15(13)19/h5-6,9-10,12H,3-4,7-8,11H2,1-2H3. The van der Waals surface area contributed by atoms with Gasteiger partial charge in [-0.3, -0.25) is 0 Å². The summed E-state index contributed by atoms with van der Waals surface area (Å²) >= 11 is 3.82. The van der Waals surface area contributed by atoms with Gasteiger partial charge in [0.05, 0.1) is 0 Å². The lowest BCUT2D eigenvalue weighted by atomic mass is 9.90. The van der Waals surface area contributed by atoms with E-state index >= 15 is 0 Å². The van der Waals surface area contributed by atoms with Crippen molar-refractivity contribution >= 4 is 15.9 Å². The van der Waals surface area contributed by atoms with Crippen molar-refractivity contribution in [2.75, 3.05) is 0 Å². The van der Waals surface area contributed by atoms with E-state index in [9.17, 15) is 0 Å². The predicted octanol–water partition coefficient (Wildman–Crippen LogP) is 5.93. The van der Waals surface area contributed by atoms with Crippen LogP contribution >= 0.6 is 15.9 Å². The highest BCUT2D eigenvalue weighted by molar-refractivity contribution is 9.10. The molecule has 0 saturated heterocycles. The third-order valence-electron chi connectivity index (χ3n) is 4.24. The quantitative estimate of drug-likeness (QED) is 0.557. The fraction of sp³-hybridized carbons (Fsp3) is 0.368. The molecule has 20 heavy (non-hydrogen) atoms. The van der Waals surface area contributed by atoms with Gasteiger partial charge in [0.15, 0.2) is 0 Å². The molecule has 0 spiro atoms. The average Bonchev–Trinajstić information content (AvgIpc) is 2.80. The molecule has 0 nitrogen and oxygen atoms in total. The summed E-state index contributed by atoms with van der Waals surface area (Å²) in [6, 6.07) is 11.3. The largest absolute Gasteiger partial charge is 0.0651 e. The van der Waals surface area contributed by atoms with Crippen LogP contribution in [0.15, 0.2) is 34.8 Å². The highest BCUT2D eigenvalue weighted by Crippen LogP contribution is 2.43. The first-order valence-corrected chi connectivity index (χ1v) is 8.47. The maximum Gasteiger partial charge on any atom is 0.0213 e. The van der Waals surface area contributed by atoms with Crippen LogP contribution < -0.4 is 0 Å². The maximum atomic E-state index is 3.82. The minimum atomic E-state index is 1.09. The van der Waals surface area contributed by atoms with Gasteiger partial charge in [0.25, 0.3) is 0 Å². The summed E-state index contributed by atoms with van der Waals surface area (Å²) in [6.45, 7) is 4.55. The highest BCUT2D eigenvalue weighted by Gasteiger charge is 2.24. The SMILES string of the molecule is CCCc1c(Br)cc2c(c1CCC)-c1ccccc1C2. The van der Waals surface area contributed by atoms with Crippen molar-refractivity contribution in [3.63, 3.8) is 0 Å². The second-order valence-corrected chi connectivity index (χ2v) is 6.54. The zero-order valence-corrected chi connectivity index (χ0v) is 13.9. The van der Waals surface area contributed by atoms with Crippen LogP contribution in [0, 0.1) is 0 Å². The summed E-state index contributed by atoms with van der Waals surface area (Å²) in [5.41, 5.74) is 9.11. The molecule has 0 radical (unpaired) electrons. The van der Waals surface area contributed by atoms with E-state index in [1.54, 1.807) is 5.56 Å². The molecule has 0 saturated carbocycles. The molecule has 3 rings (SSSR count). The van der Waals surface area contributed by atoms with Crippen LogP contribution in [0.4, 0.5) is 0 Å². The van der Waals surface area contributed by atoms with Crippen LogP contribution in [0.3, 0.4) is 0 Å². The van der Waals surface area contributed by atoms with Crippen LogP contribution in [0.5, 0.6) is 0 Å². The third-order valence-corrected chi connectivity index (χ3v) is 4.95. The fourth-order valence-electron chi connectivity index (χ4n) is 3.45. The van der Waals surface area contributed by atoms with E-state index in [0.29, 0.717) is 0 Å². The van der Waals surface area contributed by atoms with Crippen molar-refractivity contribution in [1.29, 1.82) is 0 Å². The Kier molecular flexibility index (Phi) is 3.98. The second kappa shape index (κ2) is 5.73. The van der Waals surface area contributed by atoms with Crippen LogP contribution in [-0.2, 0) is 19.3 Å². The number of halogens is 1. The summed E-state index contributed by atoms with van der Waals surface area (Å²) in [6.07, 6.45) is 5.86. The van der Waals surface area contributed by atoms with E-state index in [1.807, 2.05) is 0 Å². The monoisotopic (exact) mass is 328 g/mol. The van der Waals surface area contributed by atoms with Crippen LogP contribution in [0.25, 0.3) is 11.1 Å².